The van der Waals surface area contributed by atoms with Gasteiger partial charge in [-0.1, -0.05) is 40.9 Å². The van der Waals surface area contributed by atoms with E-state index in [0.717, 1.165) is 12.0 Å². The highest BCUT2D eigenvalue weighted by Crippen LogP contribution is 2.35. The van der Waals surface area contributed by atoms with Gasteiger partial charge in [0.05, 0.1) is 15.1 Å². The number of amides is 1. The van der Waals surface area contributed by atoms with Crippen LogP contribution in [0, 0.1) is 0 Å². The zero-order valence-corrected chi connectivity index (χ0v) is 16.1. The van der Waals surface area contributed by atoms with Gasteiger partial charge in [0, 0.05) is 12.6 Å². The van der Waals surface area contributed by atoms with Crippen molar-refractivity contribution >= 4 is 40.9 Å². The number of halogens is 3. The van der Waals surface area contributed by atoms with Crippen LogP contribution < -0.4 is 10.6 Å². The molecule has 1 unspecified atom stereocenters. The number of carbonyl (C=O) groups is 1. The minimum atomic E-state index is -0.485. The molecule has 0 saturated carbocycles. The van der Waals surface area contributed by atoms with E-state index in [1.54, 1.807) is 6.07 Å². The molecule has 130 valence electrons. The van der Waals surface area contributed by atoms with E-state index in [4.69, 9.17) is 39.5 Å². The van der Waals surface area contributed by atoms with Gasteiger partial charge in [0.25, 0.3) is 0 Å². The summed E-state index contributed by atoms with van der Waals surface area (Å²) in [6.45, 7) is 8.73. The molecule has 0 spiro atoms. The second-order valence-electron chi connectivity index (χ2n) is 6.22. The quantitative estimate of drug-likeness (QED) is 0.525. The molecule has 7 heteroatoms. The summed E-state index contributed by atoms with van der Waals surface area (Å²) in [5, 5.41) is 7.31. The van der Waals surface area contributed by atoms with Gasteiger partial charge >= 0.3 is 6.09 Å². The Hall–Kier alpha value is -0.680. The largest absolute Gasteiger partial charge is 0.444 e. The van der Waals surface area contributed by atoms with Gasteiger partial charge in [-0.3, -0.25) is 0 Å². The molecular weight excluding hydrogens is 359 g/mol. The molecular formula is C16H23Cl3N2O2. The highest BCUT2D eigenvalue weighted by atomic mass is 35.5. The first kappa shape index (κ1) is 20.4. The van der Waals surface area contributed by atoms with Crippen LogP contribution >= 0.6 is 34.8 Å². The van der Waals surface area contributed by atoms with Crippen LogP contribution in [-0.2, 0) is 4.74 Å². The predicted molar refractivity (Wildman–Crippen MR) is 96.7 cm³/mol. The van der Waals surface area contributed by atoms with Crippen molar-refractivity contribution in [1.82, 2.24) is 10.6 Å². The normalized spacial score (nSPS) is 12.8. The first-order valence-corrected chi connectivity index (χ1v) is 8.59. The number of rotatable bonds is 6. The number of hydrogen-bond acceptors (Lipinski definition) is 3. The van der Waals surface area contributed by atoms with Crippen LogP contribution in [0.2, 0.25) is 15.1 Å². The third-order valence-corrected chi connectivity index (χ3v) is 4.31. The average Bonchev–Trinajstić information content (AvgIpc) is 2.42. The van der Waals surface area contributed by atoms with Gasteiger partial charge in [-0.05, 0) is 52.3 Å². The van der Waals surface area contributed by atoms with Crippen molar-refractivity contribution in [2.75, 3.05) is 13.1 Å². The van der Waals surface area contributed by atoms with E-state index in [2.05, 4.69) is 10.6 Å². The average molecular weight is 382 g/mol. The molecule has 0 saturated heterocycles. The van der Waals surface area contributed by atoms with Crippen LogP contribution in [0.4, 0.5) is 4.79 Å². The minimum Gasteiger partial charge on any atom is -0.444 e. The second kappa shape index (κ2) is 8.97. The molecule has 23 heavy (non-hydrogen) atoms. The van der Waals surface area contributed by atoms with Crippen molar-refractivity contribution in [1.29, 1.82) is 0 Å². The van der Waals surface area contributed by atoms with E-state index in [1.165, 1.54) is 0 Å². The maximum Gasteiger partial charge on any atom is 0.407 e. The molecule has 0 aromatic heterocycles. The Morgan fingerprint density at radius 1 is 1.17 bits per heavy atom. The molecule has 1 atom stereocenters. The first-order valence-electron chi connectivity index (χ1n) is 7.45. The number of benzene rings is 1. The molecule has 0 fully saturated rings. The number of alkyl carbamates (subject to hydrolysis) is 1. The zero-order chi connectivity index (χ0) is 17.6. The number of carbonyl (C=O) groups excluding carboxylic acids is 1. The lowest BCUT2D eigenvalue weighted by molar-refractivity contribution is 0.0527. The SMILES string of the molecule is CC(NCCCNC(=O)OC(C)(C)C)c1ccc(Cl)c(Cl)c1Cl. The van der Waals surface area contributed by atoms with E-state index < -0.39 is 11.7 Å². The van der Waals surface area contributed by atoms with Gasteiger partial charge in [-0.2, -0.15) is 0 Å². The molecule has 0 aliphatic carbocycles. The summed E-state index contributed by atoms with van der Waals surface area (Å²) in [6, 6.07) is 3.61. The lowest BCUT2D eigenvalue weighted by Crippen LogP contribution is -2.34. The van der Waals surface area contributed by atoms with Gasteiger partial charge in [-0.15, -0.1) is 0 Å². The minimum absolute atomic E-state index is 0.0267. The molecule has 1 aromatic rings. The van der Waals surface area contributed by atoms with Gasteiger partial charge in [0.1, 0.15) is 5.60 Å². The third kappa shape index (κ3) is 7.17. The predicted octanol–water partition coefficient (Wildman–Crippen LogP) is 5.21. The summed E-state index contributed by atoms with van der Waals surface area (Å²) < 4.78 is 5.16. The molecule has 0 bridgehead atoms. The Balaban J connectivity index is 2.34. The highest BCUT2D eigenvalue weighted by molar-refractivity contribution is 6.48. The van der Waals surface area contributed by atoms with Crippen LogP contribution in [0.15, 0.2) is 12.1 Å². The van der Waals surface area contributed by atoms with Gasteiger partial charge < -0.3 is 15.4 Å². The van der Waals surface area contributed by atoms with Gasteiger partial charge in [0.15, 0.2) is 0 Å². The van der Waals surface area contributed by atoms with E-state index >= 15 is 0 Å². The monoisotopic (exact) mass is 380 g/mol. The summed E-state index contributed by atoms with van der Waals surface area (Å²) in [5.41, 5.74) is 0.405. The van der Waals surface area contributed by atoms with Crippen LogP contribution in [0.5, 0.6) is 0 Å². The van der Waals surface area contributed by atoms with Crippen molar-refractivity contribution < 1.29 is 9.53 Å². The van der Waals surface area contributed by atoms with E-state index in [0.29, 0.717) is 28.2 Å². The maximum atomic E-state index is 11.5. The summed E-state index contributed by atoms with van der Waals surface area (Å²) in [7, 11) is 0. The van der Waals surface area contributed by atoms with E-state index in [1.807, 2.05) is 33.8 Å². The van der Waals surface area contributed by atoms with Crippen molar-refractivity contribution in [3.8, 4) is 0 Å². The van der Waals surface area contributed by atoms with E-state index in [-0.39, 0.29) is 6.04 Å². The Kier molecular flexibility index (Phi) is 7.95. The molecule has 0 aliphatic heterocycles. The Labute approximate surface area is 152 Å². The Morgan fingerprint density at radius 3 is 2.43 bits per heavy atom. The van der Waals surface area contributed by atoms with Crippen molar-refractivity contribution in [2.45, 2.75) is 45.8 Å². The molecule has 1 rings (SSSR count). The second-order valence-corrected chi connectivity index (χ2v) is 7.39. The third-order valence-electron chi connectivity index (χ3n) is 3.00. The van der Waals surface area contributed by atoms with Gasteiger partial charge in [0.2, 0.25) is 0 Å². The Bertz CT molecular complexity index is 545. The van der Waals surface area contributed by atoms with Crippen LogP contribution in [0.25, 0.3) is 0 Å². The van der Waals surface area contributed by atoms with Crippen LogP contribution in [0.3, 0.4) is 0 Å². The zero-order valence-electron chi connectivity index (χ0n) is 13.8. The lowest BCUT2D eigenvalue weighted by Gasteiger charge is -2.20. The Morgan fingerprint density at radius 2 is 1.83 bits per heavy atom. The molecule has 4 nitrogen and oxygen atoms in total. The molecule has 0 aliphatic rings. The standard InChI is InChI=1S/C16H23Cl3N2O2/c1-10(11-6-7-12(17)14(19)13(11)18)20-8-5-9-21-15(22)23-16(2,3)4/h6-7,10,20H,5,8-9H2,1-4H3,(H,21,22). The topological polar surface area (TPSA) is 50.4 Å². The summed E-state index contributed by atoms with van der Waals surface area (Å²) >= 11 is 18.2. The molecule has 0 heterocycles. The van der Waals surface area contributed by atoms with Crippen LogP contribution in [-0.4, -0.2) is 24.8 Å². The number of nitrogens with one attached hydrogen (secondary N) is 2. The summed E-state index contributed by atoms with van der Waals surface area (Å²) in [4.78, 5) is 11.5. The van der Waals surface area contributed by atoms with Gasteiger partial charge in [-0.25, -0.2) is 4.79 Å². The maximum absolute atomic E-state index is 11.5. The van der Waals surface area contributed by atoms with Crippen molar-refractivity contribution in [2.24, 2.45) is 0 Å². The molecule has 1 aromatic carbocycles. The number of ether oxygens (including phenoxy) is 1. The van der Waals surface area contributed by atoms with Crippen molar-refractivity contribution in [3.63, 3.8) is 0 Å². The smallest absolute Gasteiger partial charge is 0.407 e. The fourth-order valence-electron chi connectivity index (χ4n) is 1.90. The fourth-order valence-corrected chi connectivity index (χ4v) is 2.60. The molecule has 0 radical (unpaired) electrons. The van der Waals surface area contributed by atoms with Crippen LogP contribution in [0.1, 0.15) is 45.7 Å². The summed E-state index contributed by atoms with van der Waals surface area (Å²) in [6.07, 6.45) is 0.362. The van der Waals surface area contributed by atoms with E-state index in [9.17, 15) is 4.79 Å². The molecule has 1 amide bonds. The molecule has 2 N–H and O–H groups in total. The lowest BCUT2D eigenvalue weighted by atomic mass is 10.1. The van der Waals surface area contributed by atoms with Crippen molar-refractivity contribution in [3.05, 3.63) is 32.8 Å². The highest BCUT2D eigenvalue weighted by Gasteiger charge is 2.16. The fraction of sp³-hybridized carbons (Fsp3) is 0.562. The summed E-state index contributed by atoms with van der Waals surface area (Å²) in [5.74, 6) is 0. The first-order chi connectivity index (χ1) is 10.6. The number of hydrogen-bond donors (Lipinski definition) is 2.